The fourth-order valence-corrected chi connectivity index (χ4v) is 6.02. The van der Waals surface area contributed by atoms with E-state index >= 15 is 0 Å². The molecule has 1 aliphatic rings. The number of nitrogens with one attached hydrogen (secondary N) is 1. The lowest BCUT2D eigenvalue weighted by Crippen LogP contribution is -2.43. The maximum atomic E-state index is 14.5. The zero-order chi connectivity index (χ0) is 29.8. The van der Waals surface area contributed by atoms with Crippen LogP contribution >= 0.6 is 11.3 Å². The number of halogens is 1. The molecule has 0 bridgehead atoms. The number of nitrogens with zero attached hydrogens (tertiary/aromatic N) is 5. The largest absolute Gasteiger partial charge is 0.460 e. The molecule has 0 atom stereocenters. The fraction of sp³-hybridized carbons (Fsp3) is 0.281. The Kier molecular flexibility index (Phi) is 8.64. The van der Waals surface area contributed by atoms with Crippen LogP contribution in [0.3, 0.4) is 0 Å². The predicted octanol–water partition coefficient (Wildman–Crippen LogP) is 5.74. The van der Waals surface area contributed by atoms with Crippen molar-refractivity contribution in [3.05, 3.63) is 90.1 Å². The zero-order valence-electron chi connectivity index (χ0n) is 24.1. The van der Waals surface area contributed by atoms with Gasteiger partial charge in [-0.2, -0.15) is 5.10 Å². The van der Waals surface area contributed by atoms with E-state index in [9.17, 15) is 9.18 Å². The molecule has 2 aromatic carbocycles. The third kappa shape index (κ3) is 6.85. The van der Waals surface area contributed by atoms with Crippen molar-refractivity contribution in [1.29, 1.82) is 0 Å². The SMILES string of the molecule is CNc1ccc(Oc2ccnc3cc(-c4cnn(CCOC(=O)c5cccc(CN6CCN(C)CC6)c5)c4)sc23)c(F)c1. The highest BCUT2D eigenvalue weighted by atomic mass is 32.1. The Morgan fingerprint density at radius 3 is 2.74 bits per heavy atom. The van der Waals surface area contributed by atoms with Gasteiger partial charge in [0.05, 0.1) is 28.5 Å². The van der Waals surface area contributed by atoms with Crippen molar-refractivity contribution in [3.8, 4) is 21.9 Å². The molecule has 5 aromatic rings. The summed E-state index contributed by atoms with van der Waals surface area (Å²) >= 11 is 1.50. The quantitative estimate of drug-likeness (QED) is 0.203. The Morgan fingerprint density at radius 2 is 1.93 bits per heavy atom. The van der Waals surface area contributed by atoms with Crippen LogP contribution in [-0.4, -0.2) is 77.4 Å². The van der Waals surface area contributed by atoms with Crippen molar-refractivity contribution in [1.82, 2.24) is 24.6 Å². The smallest absolute Gasteiger partial charge is 0.338 e. The minimum Gasteiger partial charge on any atom is -0.460 e. The third-order valence-corrected chi connectivity index (χ3v) is 8.64. The Morgan fingerprint density at radius 1 is 1.07 bits per heavy atom. The summed E-state index contributed by atoms with van der Waals surface area (Å²) in [7, 11) is 3.88. The molecule has 1 aliphatic heterocycles. The Balaban J connectivity index is 1.06. The molecule has 3 aromatic heterocycles. The van der Waals surface area contributed by atoms with E-state index in [1.807, 2.05) is 24.4 Å². The van der Waals surface area contributed by atoms with Crippen LogP contribution in [0.2, 0.25) is 0 Å². The van der Waals surface area contributed by atoms with Gasteiger partial charge in [0.2, 0.25) is 0 Å². The highest BCUT2D eigenvalue weighted by Gasteiger charge is 2.16. The van der Waals surface area contributed by atoms with Gasteiger partial charge in [-0.15, -0.1) is 11.3 Å². The molecule has 1 N–H and O–H groups in total. The van der Waals surface area contributed by atoms with E-state index in [0.29, 0.717) is 23.5 Å². The topological polar surface area (TPSA) is 84.8 Å². The molecule has 1 saturated heterocycles. The number of aromatic nitrogens is 3. The number of thiophene rings is 1. The highest BCUT2D eigenvalue weighted by Crippen LogP contribution is 2.39. The van der Waals surface area contributed by atoms with Crippen molar-refractivity contribution < 1.29 is 18.7 Å². The van der Waals surface area contributed by atoms with Gasteiger partial charge in [-0.3, -0.25) is 14.6 Å². The van der Waals surface area contributed by atoms with Gasteiger partial charge in [-0.1, -0.05) is 12.1 Å². The van der Waals surface area contributed by atoms with Crippen molar-refractivity contribution in [2.24, 2.45) is 0 Å². The van der Waals surface area contributed by atoms with Crippen LogP contribution in [0.5, 0.6) is 11.5 Å². The van der Waals surface area contributed by atoms with E-state index in [2.05, 4.69) is 38.3 Å². The number of ether oxygens (including phenoxy) is 2. The Labute approximate surface area is 253 Å². The fourth-order valence-electron chi connectivity index (χ4n) is 4.98. The number of carbonyl (C=O) groups is 1. The monoisotopic (exact) mass is 600 g/mol. The van der Waals surface area contributed by atoms with E-state index < -0.39 is 5.82 Å². The van der Waals surface area contributed by atoms with Crippen molar-refractivity contribution in [3.63, 3.8) is 0 Å². The summed E-state index contributed by atoms with van der Waals surface area (Å²) in [6, 6.07) is 16.1. The first-order valence-electron chi connectivity index (χ1n) is 14.2. The van der Waals surface area contributed by atoms with E-state index in [1.54, 1.807) is 48.4 Å². The van der Waals surface area contributed by atoms with Crippen molar-refractivity contribution >= 4 is 33.2 Å². The first-order chi connectivity index (χ1) is 20.9. The molecule has 222 valence electrons. The second kappa shape index (κ2) is 12.9. The van der Waals surface area contributed by atoms with Gasteiger partial charge < -0.3 is 19.7 Å². The van der Waals surface area contributed by atoms with Gasteiger partial charge in [-0.25, -0.2) is 9.18 Å². The van der Waals surface area contributed by atoms with Gasteiger partial charge >= 0.3 is 5.97 Å². The molecule has 4 heterocycles. The maximum Gasteiger partial charge on any atom is 0.338 e. The summed E-state index contributed by atoms with van der Waals surface area (Å²) in [5.41, 5.74) is 3.99. The lowest BCUT2D eigenvalue weighted by molar-refractivity contribution is 0.0487. The number of esters is 1. The number of pyridine rings is 1. The highest BCUT2D eigenvalue weighted by molar-refractivity contribution is 7.22. The van der Waals surface area contributed by atoms with Crippen molar-refractivity contribution in [2.45, 2.75) is 13.1 Å². The average molecular weight is 601 g/mol. The summed E-state index contributed by atoms with van der Waals surface area (Å²) in [4.78, 5) is 22.9. The van der Waals surface area contributed by atoms with Crippen LogP contribution in [0.1, 0.15) is 15.9 Å². The molecule has 0 aliphatic carbocycles. The number of likely N-dealkylation sites (N-methyl/N-ethyl adjacent to an activating group) is 1. The molecular formula is C32H33FN6O3S. The van der Waals surface area contributed by atoms with Gasteiger partial charge in [0.1, 0.15) is 12.4 Å². The number of benzene rings is 2. The molecular weight excluding hydrogens is 567 g/mol. The second-order valence-corrected chi connectivity index (χ2v) is 11.6. The number of anilines is 1. The van der Waals surface area contributed by atoms with Gasteiger partial charge in [-0.05, 0) is 42.9 Å². The number of carbonyl (C=O) groups excluding carboxylic acids is 1. The summed E-state index contributed by atoms with van der Waals surface area (Å²) < 4.78 is 28.6. The number of fused-ring (bicyclic) bond motifs is 1. The zero-order valence-corrected chi connectivity index (χ0v) is 24.9. The van der Waals surface area contributed by atoms with Gasteiger partial charge in [0.15, 0.2) is 11.6 Å². The lowest BCUT2D eigenvalue weighted by Gasteiger charge is -2.32. The van der Waals surface area contributed by atoms with E-state index in [-0.39, 0.29) is 18.3 Å². The minimum absolute atomic E-state index is 0.144. The van der Waals surface area contributed by atoms with Gasteiger partial charge in [0, 0.05) is 80.4 Å². The number of piperazine rings is 1. The predicted molar refractivity (Wildman–Crippen MR) is 166 cm³/mol. The molecule has 11 heteroatoms. The average Bonchev–Trinajstić information content (AvgIpc) is 3.67. The van der Waals surface area contributed by atoms with Crippen LogP contribution in [0.25, 0.3) is 20.7 Å². The molecule has 0 unspecified atom stereocenters. The van der Waals surface area contributed by atoms with Crippen LogP contribution in [-0.2, 0) is 17.8 Å². The summed E-state index contributed by atoms with van der Waals surface area (Å²) in [5.74, 6) is -0.114. The number of rotatable bonds is 10. The standard InChI is InChI=1S/C32H33FN6O3S/c1-34-25-6-7-28(26(33)17-25)42-29-8-9-35-27-18-30(43-31(27)29)24-19-36-39(21-24)14-15-41-32(40)23-5-3-4-22(16-23)20-38-12-10-37(2)11-13-38/h3-9,16-19,21,34H,10-15,20H2,1-2H3. The molecule has 0 amide bonds. The van der Waals surface area contributed by atoms with E-state index in [0.717, 1.165) is 58.9 Å². The number of hydrogen-bond acceptors (Lipinski definition) is 9. The lowest BCUT2D eigenvalue weighted by atomic mass is 10.1. The normalized spacial score (nSPS) is 14.2. The molecule has 0 spiro atoms. The van der Waals surface area contributed by atoms with Crippen LogP contribution in [0.4, 0.5) is 10.1 Å². The van der Waals surface area contributed by atoms with Crippen LogP contribution < -0.4 is 10.1 Å². The third-order valence-electron chi connectivity index (χ3n) is 7.45. The molecule has 43 heavy (non-hydrogen) atoms. The molecule has 0 radical (unpaired) electrons. The minimum atomic E-state index is -0.450. The Bertz CT molecular complexity index is 1730. The molecule has 0 saturated carbocycles. The Hall–Kier alpha value is -4.32. The van der Waals surface area contributed by atoms with Crippen LogP contribution in [0.15, 0.2) is 73.2 Å². The molecule has 6 rings (SSSR count). The van der Waals surface area contributed by atoms with E-state index in [1.165, 1.54) is 17.4 Å². The van der Waals surface area contributed by atoms with Gasteiger partial charge in [0.25, 0.3) is 0 Å². The summed E-state index contributed by atoms with van der Waals surface area (Å²) in [6.07, 6.45) is 5.32. The second-order valence-electron chi connectivity index (χ2n) is 10.5. The maximum absolute atomic E-state index is 14.5. The molecule has 9 nitrogen and oxygen atoms in total. The van der Waals surface area contributed by atoms with Crippen LogP contribution in [0, 0.1) is 5.82 Å². The summed E-state index contributed by atoms with van der Waals surface area (Å²) in [6.45, 7) is 5.61. The first-order valence-corrected chi connectivity index (χ1v) is 15.0. The molecule has 1 fully saturated rings. The number of hydrogen-bond donors (Lipinski definition) is 1. The first kappa shape index (κ1) is 28.8. The summed E-state index contributed by atoms with van der Waals surface area (Å²) in [5, 5.41) is 7.37. The van der Waals surface area contributed by atoms with E-state index in [4.69, 9.17) is 9.47 Å². The van der Waals surface area contributed by atoms with Crippen molar-refractivity contribution in [2.75, 3.05) is 52.2 Å².